The van der Waals surface area contributed by atoms with Crippen molar-refractivity contribution in [3.8, 4) is 11.4 Å². The van der Waals surface area contributed by atoms with Crippen molar-refractivity contribution in [2.24, 2.45) is 0 Å². The van der Waals surface area contributed by atoms with Gasteiger partial charge in [-0.05, 0) is 24.3 Å². The average Bonchev–Trinajstić information content (AvgIpc) is 3.40. The molecule has 3 aromatic heterocycles. The van der Waals surface area contributed by atoms with Gasteiger partial charge in [0.25, 0.3) is 0 Å². The fourth-order valence-corrected chi connectivity index (χ4v) is 3.23. The van der Waals surface area contributed by atoms with E-state index < -0.39 is 17.5 Å². The fraction of sp³-hybridized carbons (Fsp3) is 0.158. The molecule has 4 aromatic rings. The number of anilines is 1. The van der Waals surface area contributed by atoms with Crippen molar-refractivity contribution in [2.45, 2.75) is 23.8 Å². The average molecular weight is 443 g/mol. The molecule has 0 fully saturated rings. The minimum Gasteiger partial charge on any atom is -0.339 e. The van der Waals surface area contributed by atoms with Crippen LogP contribution < -0.4 is 5.32 Å². The summed E-state index contributed by atoms with van der Waals surface area (Å²) in [5, 5.41) is 13.8. The van der Waals surface area contributed by atoms with Crippen LogP contribution in [-0.4, -0.2) is 36.2 Å². The Morgan fingerprint density at radius 2 is 2.03 bits per heavy atom. The Labute approximate surface area is 178 Å². The maximum Gasteiger partial charge on any atom is 0.227 e. The number of aryl methyl sites for hydroxylation is 1. The largest absolute Gasteiger partial charge is 0.339 e. The Hall–Kier alpha value is -3.67. The highest BCUT2D eigenvalue weighted by Crippen LogP contribution is 2.21. The Kier molecular flexibility index (Phi) is 6.26. The summed E-state index contributed by atoms with van der Waals surface area (Å²) in [5.41, 5.74) is 0.866. The molecular formula is C19H15F2N7O2S. The molecule has 0 saturated carbocycles. The van der Waals surface area contributed by atoms with Crippen molar-refractivity contribution in [2.75, 3.05) is 5.32 Å². The second-order valence-corrected chi connectivity index (χ2v) is 7.25. The standard InChI is InChI=1S/C19H15F2N7O2S/c20-12-6-13(21)8-14(7-12)23-16(29)3-4-17-24-15(28-30-17)10-31-19-25-18(26-27-19)11-2-1-5-22-9-11/h1-2,5-9H,3-4,10H2,(H,23,29)(H,25,26,27). The van der Waals surface area contributed by atoms with Crippen LogP contribution >= 0.6 is 11.8 Å². The zero-order valence-electron chi connectivity index (χ0n) is 15.9. The number of nitrogens with zero attached hydrogens (tertiary/aromatic N) is 5. The van der Waals surface area contributed by atoms with Crippen LogP contribution in [0.3, 0.4) is 0 Å². The molecule has 0 radical (unpaired) electrons. The van der Waals surface area contributed by atoms with Crippen LogP contribution in [0.1, 0.15) is 18.1 Å². The van der Waals surface area contributed by atoms with Gasteiger partial charge >= 0.3 is 0 Å². The number of halogens is 2. The third-order valence-electron chi connectivity index (χ3n) is 3.95. The summed E-state index contributed by atoms with van der Waals surface area (Å²) in [4.78, 5) is 24.6. The number of carbonyl (C=O) groups is 1. The minimum atomic E-state index is -0.770. The molecule has 12 heteroatoms. The molecule has 4 rings (SSSR count). The van der Waals surface area contributed by atoms with E-state index in [1.165, 1.54) is 11.8 Å². The quantitative estimate of drug-likeness (QED) is 0.397. The molecular weight excluding hydrogens is 428 g/mol. The van der Waals surface area contributed by atoms with Gasteiger partial charge in [0.05, 0.1) is 5.75 Å². The summed E-state index contributed by atoms with van der Waals surface area (Å²) in [6.07, 6.45) is 3.56. The Balaban J connectivity index is 1.26. The van der Waals surface area contributed by atoms with E-state index in [-0.39, 0.29) is 24.4 Å². The highest BCUT2D eigenvalue weighted by molar-refractivity contribution is 7.98. The summed E-state index contributed by atoms with van der Waals surface area (Å²) >= 11 is 1.32. The smallest absolute Gasteiger partial charge is 0.227 e. The molecule has 0 atom stereocenters. The van der Waals surface area contributed by atoms with E-state index in [0.29, 0.717) is 22.6 Å². The third kappa shape index (κ3) is 5.69. The van der Waals surface area contributed by atoms with Gasteiger partial charge in [0.1, 0.15) is 11.6 Å². The lowest BCUT2D eigenvalue weighted by Crippen LogP contribution is -2.12. The fourth-order valence-electron chi connectivity index (χ4n) is 2.59. The molecule has 31 heavy (non-hydrogen) atoms. The lowest BCUT2D eigenvalue weighted by Gasteiger charge is -2.04. The molecule has 0 saturated heterocycles. The molecule has 1 amide bonds. The predicted molar refractivity (Wildman–Crippen MR) is 107 cm³/mol. The SMILES string of the molecule is O=C(CCc1nc(CSc2n[nH]c(-c3cccnc3)n2)no1)Nc1cc(F)cc(F)c1. The summed E-state index contributed by atoms with van der Waals surface area (Å²) in [6, 6.07) is 6.47. The number of hydrogen-bond acceptors (Lipinski definition) is 8. The summed E-state index contributed by atoms with van der Waals surface area (Å²) < 4.78 is 31.5. The summed E-state index contributed by atoms with van der Waals surface area (Å²) in [5.74, 6) is -0.275. The van der Waals surface area contributed by atoms with Crippen LogP contribution in [-0.2, 0) is 17.0 Å². The number of aromatic nitrogens is 6. The molecule has 0 aliphatic carbocycles. The van der Waals surface area contributed by atoms with Gasteiger partial charge < -0.3 is 9.84 Å². The van der Waals surface area contributed by atoms with Crippen LogP contribution in [0.2, 0.25) is 0 Å². The van der Waals surface area contributed by atoms with E-state index in [2.05, 4.69) is 35.6 Å². The van der Waals surface area contributed by atoms with E-state index in [0.717, 1.165) is 23.8 Å². The van der Waals surface area contributed by atoms with E-state index in [4.69, 9.17) is 4.52 Å². The molecule has 2 N–H and O–H groups in total. The second kappa shape index (κ2) is 9.43. The molecule has 0 aliphatic heterocycles. The number of pyridine rings is 1. The van der Waals surface area contributed by atoms with Crippen LogP contribution in [0.25, 0.3) is 11.4 Å². The first-order chi connectivity index (χ1) is 15.0. The number of rotatable bonds is 8. The highest BCUT2D eigenvalue weighted by atomic mass is 32.2. The number of thioether (sulfide) groups is 1. The van der Waals surface area contributed by atoms with E-state index in [9.17, 15) is 13.6 Å². The summed E-state index contributed by atoms with van der Waals surface area (Å²) in [7, 11) is 0. The number of amides is 1. The minimum absolute atomic E-state index is 0.0162. The van der Waals surface area contributed by atoms with E-state index in [1.807, 2.05) is 12.1 Å². The number of benzene rings is 1. The van der Waals surface area contributed by atoms with Crippen molar-refractivity contribution in [1.29, 1.82) is 0 Å². The van der Waals surface area contributed by atoms with Gasteiger partial charge in [-0.25, -0.2) is 13.8 Å². The molecule has 9 nitrogen and oxygen atoms in total. The molecule has 0 aliphatic rings. The molecule has 3 heterocycles. The maximum atomic E-state index is 13.2. The second-order valence-electron chi connectivity index (χ2n) is 6.31. The Bertz CT molecular complexity index is 1160. The van der Waals surface area contributed by atoms with Crippen LogP contribution in [0.15, 0.2) is 52.4 Å². The van der Waals surface area contributed by atoms with Crippen molar-refractivity contribution >= 4 is 23.4 Å². The third-order valence-corrected chi connectivity index (χ3v) is 4.80. The highest BCUT2D eigenvalue weighted by Gasteiger charge is 2.12. The lowest BCUT2D eigenvalue weighted by molar-refractivity contribution is -0.116. The van der Waals surface area contributed by atoms with Crippen molar-refractivity contribution in [1.82, 2.24) is 30.3 Å². The van der Waals surface area contributed by atoms with Crippen LogP contribution in [0, 0.1) is 11.6 Å². The van der Waals surface area contributed by atoms with Gasteiger partial charge in [-0.15, -0.1) is 5.10 Å². The molecule has 0 spiro atoms. The Morgan fingerprint density at radius 1 is 1.19 bits per heavy atom. The van der Waals surface area contributed by atoms with E-state index in [1.54, 1.807) is 12.4 Å². The van der Waals surface area contributed by atoms with Crippen LogP contribution in [0.4, 0.5) is 14.5 Å². The monoisotopic (exact) mass is 443 g/mol. The van der Waals surface area contributed by atoms with Gasteiger partial charge in [0.15, 0.2) is 11.6 Å². The van der Waals surface area contributed by atoms with Gasteiger partial charge in [-0.1, -0.05) is 16.9 Å². The molecule has 158 valence electrons. The number of carbonyl (C=O) groups excluding carboxylic acids is 1. The first-order valence-corrected chi connectivity index (χ1v) is 10.1. The zero-order valence-corrected chi connectivity index (χ0v) is 16.7. The molecule has 0 bridgehead atoms. The maximum absolute atomic E-state index is 13.2. The van der Waals surface area contributed by atoms with E-state index >= 15 is 0 Å². The topological polar surface area (TPSA) is 122 Å². The number of aromatic amines is 1. The Morgan fingerprint density at radius 3 is 2.81 bits per heavy atom. The van der Waals surface area contributed by atoms with Gasteiger partial charge in [0, 0.05) is 42.6 Å². The number of H-pyrrole nitrogens is 1. The first kappa shape index (κ1) is 20.6. The van der Waals surface area contributed by atoms with Crippen molar-refractivity contribution in [3.63, 3.8) is 0 Å². The van der Waals surface area contributed by atoms with Gasteiger partial charge in [-0.3, -0.25) is 14.9 Å². The summed E-state index contributed by atoms with van der Waals surface area (Å²) in [6.45, 7) is 0. The zero-order chi connectivity index (χ0) is 21.6. The molecule has 1 aromatic carbocycles. The lowest BCUT2D eigenvalue weighted by atomic mass is 10.2. The van der Waals surface area contributed by atoms with Crippen molar-refractivity contribution in [3.05, 3.63) is 66.1 Å². The van der Waals surface area contributed by atoms with Crippen LogP contribution in [0.5, 0.6) is 0 Å². The first-order valence-electron chi connectivity index (χ1n) is 9.08. The van der Waals surface area contributed by atoms with Gasteiger partial charge in [0.2, 0.25) is 17.0 Å². The number of nitrogens with one attached hydrogen (secondary N) is 2. The number of hydrogen-bond donors (Lipinski definition) is 2. The van der Waals surface area contributed by atoms with Crippen molar-refractivity contribution < 1.29 is 18.1 Å². The van der Waals surface area contributed by atoms with Gasteiger partial charge in [-0.2, -0.15) is 4.98 Å². The normalized spacial score (nSPS) is 10.9. The molecule has 0 unspecified atom stereocenters. The predicted octanol–water partition coefficient (Wildman–Crippen LogP) is 3.39.